The predicted octanol–water partition coefficient (Wildman–Crippen LogP) is 1.33. The van der Waals surface area contributed by atoms with Crippen molar-refractivity contribution >= 4 is 21.7 Å². The van der Waals surface area contributed by atoms with Crippen molar-refractivity contribution in [1.82, 2.24) is 14.3 Å². The van der Waals surface area contributed by atoms with Crippen LogP contribution in [0.5, 0.6) is 5.75 Å². The maximum atomic E-state index is 12.1. The van der Waals surface area contributed by atoms with Crippen LogP contribution in [0.15, 0.2) is 36.8 Å². The van der Waals surface area contributed by atoms with Crippen LogP contribution in [-0.4, -0.2) is 43.3 Å². The molecule has 1 aliphatic carbocycles. The van der Waals surface area contributed by atoms with Crippen LogP contribution in [0.1, 0.15) is 24.4 Å². The van der Waals surface area contributed by atoms with E-state index in [4.69, 9.17) is 4.74 Å². The average molecular weight is 378 g/mol. The number of nitrogens with zero attached hydrogens (tertiary/aromatic N) is 2. The second-order valence-corrected chi connectivity index (χ2v) is 8.27. The minimum Gasteiger partial charge on any atom is -0.497 e. The normalized spacial score (nSPS) is 19.6. The Kier molecular flexibility index (Phi) is 5.28. The molecule has 1 saturated carbocycles. The van der Waals surface area contributed by atoms with Gasteiger partial charge in [0.25, 0.3) is 0 Å². The number of anilines is 1. The van der Waals surface area contributed by atoms with Gasteiger partial charge in [0.15, 0.2) is 5.82 Å². The summed E-state index contributed by atoms with van der Waals surface area (Å²) < 4.78 is 32.0. The van der Waals surface area contributed by atoms with Crippen LogP contribution >= 0.6 is 0 Å². The molecule has 1 fully saturated rings. The van der Waals surface area contributed by atoms with E-state index in [1.54, 1.807) is 19.6 Å². The fraction of sp³-hybridized carbons (Fsp3) is 0.412. The van der Waals surface area contributed by atoms with Crippen LogP contribution in [0.25, 0.3) is 0 Å². The molecule has 0 saturated heterocycles. The molecule has 0 radical (unpaired) electrons. The maximum Gasteiger partial charge on any atom is 0.229 e. The van der Waals surface area contributed by atoms with Gasteiger partial charge in [-0.2, -0.15) is 0 Å². The van der Waals surface area contributed by atoms with Gasteiger partial charge < -0.3 is 14.6 Å². The number of carbonyl (C=O) groups is 1. The number of aromatic nitrogens is 2. The van der Waals surface area contributed by atoms with Gasteiger partial charge in [-0.3, -0.25) is 4.79 Å². The first kappa shape index (κ1) is 18.4. The highest BCUT2D eigenvalue weighted by Gasteiger charge is 2.32. The number of benzene rings is 1. The first-order valence-electron chi connectivity index (χ1n) is 8.26. The number of hydrogen-bond donors (Lipinski definition) is 2. The minimum absolute atomic E-state index is 0.0366. The fourth-order valence-corrected chi connectivity index (χ4v) is 3.74. The molecule has 3 rings (SSSR count). The van der Waals surface area contributed by atoms with E-state index in [0.29, 0.717) is 18.7 Å². The van der Waals surface area contributed by atoms with Crippen molar-refractivity contribution in [2.75, 3.05) is 18.7 Å². The zero-order valence-electron chi connectivity index (χ0n) is 14.7. The van der Waals surface area contributed by atoms with Crippen molar-refractivity contribution in [1.29, 1.82) is 0 Å². The van der Waals surface area contributed by atoms with E-state index in [9.17, 15) is 13.2 Å². The molecule has 0 spiro atoms. The summed E-state index contributed by atoms with van der Waals surface area (Å²) >= 11 is 0. The van der Waals surface area contributed by atoms with Gasteiger partial charge in [-0.1, -0.05) is 12.1 Å². The molecular formula is C17H22N4O4S. The summed E-state index contributed by atoms with van der Waals surface area (Å²) in [6.07, 6.45) is 6.26. The van der Waals surface area contributed by atoms with Gasteiger partial charge in [-0.05, 0) is 30.5 Å². The van der Waals surface area contributed by atoms with Crippen molar-refractivity contribution in [2.24, 2.45) is 0 Å². The Balaban J connectivity index is 1.50. The van der Waals surface area contributed by atoms with Crippen LogP contribution in [0.4, 0.5) is 5.82 Å². The van der Waals surface area contributed by atoms with Gasteiger partial charge in [0.2, 0.25) is 15.9 Å². The molecule has 8 nitrogen and oxygen atoms in total. The van der Waals surface area contributed by atoms with Crippen LogP contribution < -0.4 is 14.8 Å². The SMILES string of the molecule is COc1ccc(CC(=O)Nc2cn(C3CC(NS(C)(=O)=O)C3)cn2)cc1. The molecule has 0 atom stereocenters. The van der Waals surface area contributed by atoms with Crippen molar-refractivity contribution < 1.29 is 17.9 Å². The Morgan fingerprint density at radius 3 is 2.62 bits per heavy atom. The van der Waals surface area contributed by atoms with E-state index in [1.807, 2.05) is 28.8 Å². The van der Waals surface area contributed by atoms with Crippen LogP contribution in [-0.2, 0) is 21.2 Å². The summed E-state index contributed by atoms with van der Waals surface area (Å²) in [5, 5.41) is 2.78. The van der Waals surface area contributed by atoms with E-state index < -0.39 is 10.0 Å². The molecule has 26 heavy (non-hydrogen) atoms. The molecule has 2 aromatic rings. The highest BCUT2D eigenvalue weighted by atomic mass is 32.2. The Hall–Kier alpha value is -2.39. The lowest BCUT2D eigenvalue weighted by Gasteiger charge is -2.35. The van der Waals surface area contributed by atoms with E-state index in [2.05, 4.69) is 15.0 Å². The molecule has 9 heteroatoms. The Bertz CT molecular complexity index is 870. The summed E-state index contributed by atoms with van der Waals surface area (Å²) in [6.45, 7) is 0. The number of imidazole rings is 1. The first-order valence-corrected chi connectivity index (χ1v) is 10.1. The summed E-state index contributed by atoms with van der Waals surface area (Å²) in [4.78, 5) is 16.3. The van der Waals surface area contributed by atoms with Crippen molar-refractivity contribution in [3.63, 3.8) is 0 Å². The summed E-state index contributed by atoms with van der Waals surface area (Å²) in [7, 11) is -1.58. The number of hydrogen-bond acceptors (Lipinski definition) is 5. The van der Waals surface area contributed by atoms with Gasteiger partial charge in [0, 0.05) is 18.3 Å². The lowest BCUT2D eigenvalue weighted by Crippen LogP contribution is -2.44. The first-order chi connectivity index (χ1) is 12.3. The maximum absolute atomic E-state index is 12.1. The van der Waals surface area contributed by atoms with Gasteiger partial charge in [-0.25, -0.2) is 18.1 Å². The predicted molar refractivity (Wildman–Crippen MR) is 97.6 cm³/mol. The fourth-order valence-electron chi connectivity index (χ4n) is 2.95. The third kappa shape index (κ3) is 4.83. The van der Waals surface area contributed by atoms with E-state index >= 15 is 0 Å². The quantitative estimate of drug-likeness (QED) is 0.757. The molecule has 2 N–H and O–H groups in total. The highest BCUT2D eigenvalue weighted by molar-refractivity contribution is 7.88. The number of nitrogens with one attached hydrogen (secondary N) is 2. The molecule has 0 unspecified atom stereocenters. The number of sulfonamides is 1. The molecule has 0 aliphatic heterocycles. The number of methoxy groups -OCH3 is 1. The average Bonchev–Trinajstić information content (AvgIpc) is 2.98. The third-order valence-corrected chi connectivity index (χ3v) is 5.07. The summed E-state index contributed by atoms with van der Waals surface area (Å²) in [5.74, 6) is 1.09. The smallest absolute Gasteiger partial charge is 0.229 e. The molecular weight excluding hydrogens is 356 g/mol. The highest BCUT2D eigenvalue weighted by Crippen LogP contribution is 2.33. The molecule has 1 aromatic carbocycles. The Labute approximate surface area is 152 Å². The van der Waals surface area contributed by atoms with Crippen molar-refractivity contribution in [3.05, 3.63) is 42.4 Å². The second-order valence-electron chi connectivity index (χ2n) is 6.49. The van der Waals surface area contributed by atoms with E-state index in [0.717, 1.165) is 17.6 Å². The van der Waals surface area contributed by atoms with E-state index in [-0.39, 0.29) is 24.4 Å². The van der Waals surface area contributed by atoms with Crippen molar-refractivity contribution in [3.8, 4) is 5.75 Å². The number of amides is 1. The topological polar surface area (TPSA) is 102 Å². The van der Waals surface area contributed by atoms with E-state index in [1.165, 1.54) is 0 Å². The summed E-state index contributed by atoms with van der Waals surface area (Å²) in [6, 6.07) is 7.48. The molecule has 0 bridgehead atoms. The summed E-state index contributed by atoms with van der Waals surface area (Å²) in [5.41, 5.74) is 0.886. The van der Waals surface area contributed by atoms with Gasteiger partial charge in [0.05, 0.1) is 26.1 Å². The van der Waals surface area contributed by atoms with Gasteiger partial charge in [0.1, 0.15) is 5.75 Å². The molecule has 1 amide bonds. The Morgan fingerprint density at radius 1 is 1.31 bits per heavy atom. The molecule has 1 aliphatic rings. The third-order valence-electron chi connectivity index (χ3n) is 4.31. The Morgan fingerprint density at radius 2 is 2.00 bits per heavy atom. The lowest BCUT2D eigenvalue weighted by molar-refractivity contribution is -0.115. The number of carbonyl (C=O) groups excluding carboxylic acids is 1. The zero-order chi connectivity index (χ0) is 18.7. The second kappa shape index (κ2) is 7.46. The van der Waals surface area contributed by atoms with Gasteiger partial charge in [-0.15, -0.1) is 0 Å². The molecule has 140 valence electrons. The minimum atomic E-state index is -3.17. The zero-order valence-corrected chi connectivity index (χ0v) is 15.5. The largest absolute Gasteiger partial charge is 0.497 e. The lowest BCUT2D eigenvalue weighted by atomic mass is 9.87. The van der Waals surface area contributed by atoms with Crippen LogP contribution in [0.2, 0.25) is 0 Å². The van der Waals surface area contributed by atoms with Crippen LogP contribution in [0, 0.1) is 0 Å². The number of rotatable bonds is 7. The molecule has 1 aromatic heterocycles. The standard InChI is InChI=1S/C17H22N4O4S/c1-25-15-5-3-12(4-6-15)7-17(22)19-16-10-21(11-18-16)14-8-13(9-14)20-26(2,23)24/h3-6,10-11,13-14,20H,7-9H2,1-2H3,(H,19,22). The van der Waals surface area contributed by atoms with Gasteiger partial charge >= 0.3 is 0 Å². The molecule has 1 heterocycles. The number of ether oxygens (including phenoxy) is 1. The monoisotopic (exact) mass is 378 g/mol. The van der Waals surface area contributed by atoms with Crippen LogP contribution in [0.3, 0.4) is 0 Å². The van der Waals surface area contributed by atoms with Crippen molar-refractivity contribution in [2.45, 2.75) is 31.3 Å².